The number of hydrogen-bond donors (Lipinski definition) is 1. The minimum Gasteiger partial charge on any atom is -0.506 e. The first kappa shape index (κ1) is 25.5. The number of carbonyl (C=O) groups excluding carboxylic acids is 1. The van der Waals surface area contributed by atoms with Crippen LogP contribution in [0.3, 0.4) is 0 Å². The molecule has 3 aromatic carbocycles. The minimum atomic E-state index is -0.620. The van der Waals surface area contributed by atoms with E-state index in [2.05, 4.69) is 18.0 Å². The van der Waals surface area contributed by atoms with Gasteiger partial charge in [-0.25, -0.2) is 14.2 Å². The molecule has 0 fully saturated rings. The molecule has 0 atom stereocenters. The molecule has 192 valence electrons. The summed E-state index contributed by atoms with van der Waals surface area (Å²) in [6.45, 7) is 4.36. The van der Waals surface area contributed by atoms with Gasteiger partial charge >= 0.3 is 5.97 Å². The lowest BCUT2D eigenvalue weighted by Crippen LogP contribution is -2.12. The summed E-state index contributed by atoms with van der Waals surface area (Å²) in [5.41, 5.74) is 4.32. The molecule has 0 radical (unpaired) electrons. The van der Waals surface area contributed by atoms with E-state index in [9.17, 15) is 14.3 Å². The summed E-state index contributed by atoms with van der Waals surface area (Å²) < 4.78 is 21.8. The first-order chi connectivity index (χ1) is 18.5. The van der Waals surface area contributed by atoms with Crippen LogP contribution in [0.2, 0.25) is 0 Å². The number of rotatable bonds is 7. The summed E-state index contributed by atoms with van der Waals surface area (Å²) in [4.78, 5) is 17.9. The maximum Gasteiger partial charge on any atom is 0.344 e. The number of aryl methyl sites for hydroxylation is 1. The van der Waals surface area contributed by atoms with Crippen molar-refractivity contribution in [1.82, 2.24) is 4.57 Å². The van der Waals surface area contributed by atoms with Gasteiger partial charge in [0.2, 0.25) is 0 Å². The fourth-order valence-corrected chi connectivity index (χ4v) is 5.58. The number of ether oxygens (including phenoxy) is 1. The normalized spacial score (nSPS) is 15.7. The van der Waals surface area contributed by atoms with Gasteiger partial charge in [0.1, 0.15) is 22.2 Å². The Hall–Kier alpha value is -4.10. The quantitative estimate of drug-likeness (QED) is 0.252. The Morgan fingerprint density at radius 3 is 2.50 bits per heavy atom. The lowest BCUT2D eigenvalue weighted by atomic mass is 10.1. The largest absolute Gasteiger partial charge is 0.506 e. The van der Waals surface area contributed by atoms with Crippen LogP contribution in [-0.4, -0.2) is 27.3 Å². The topological polar surface area (TPSA) is 63.8 Å². The molecule has 0 bridgehead atoms. The van der Waals surface area contributed by atoms with Crippen LogP contribution < -0.4 is 0 Å². The van der Waals surface area contributed by atoms with Crippen molar-refractivity contribution in [3.63, 3.8) is 0 Å². The van der Waals surface area contributed by atoms with E-state index in [-0.39, 0.29) is 23.8 Å². The average Bonchev–Trinajstić information content (AvgIpc) is 3.42. The van der Waals surface area contributed by atoms with Crippen molar-refractivity contribution in [2.45, 2.75) is 26.8 Å². The van der Waals surface area contributed by atoms with Gasteiger partial charge in [-0.05, 0) is 43.2 Å². The van der Waals surface area contributed by atoms with Gasteiger partial charge in [0.15, 0.2) is 0 Å². The Morgan fingerprint density at radius 1 is 1.03 bits per heavy atom. The predicted octanol–water partition coefficient (Wildman–Crippen LogP) is 7.58. The van der Waals surface area contributed by atoms with Gasteiger partial charge in [-0.15, -0.1) is 0 Å². The molecule has 5 nitrogen and oxygen atoms in total. The van der Waals surface area contributed by atoms with Crippen molar-refractivity contribution in [2.24, 2.45) is 4.99 Å². The SMILES string of the molecule is CCOC(=O)C1=C(O)/C(=C/c2cn(Cc3ccccc3F)c3c(CC)cccc23)SC1=Nc1ccccc1. The molecule has 0 aliphatic carbocycles. The van der Waals surface area contributed by atoms with E-state index in [0.717, 1.165) is 28.5 Å². The van der Waals surface area contributed by atoms with Gasteiger partial charge in [0.05, 0.1) is 29.3 Å². The molecule has 5 rings (SSSR count). The summed E-state index contributed by atoms with van der Waals surface area (Å²) in [5.74, 6) is -1.04. The third-order valence-electron chi connectivity index (χ3n) is 6.34. The lowest BCUT2D eigenvalue weighted by molar-refractivity contribution is -0.138. The minimum absolute atomic E-state index is 0.0521. The first-order valence-electron chi connectivity index (χ1n) is 12.5. The maximum absolute atomic E-state index is 14.5. The van der Waals surface area contributed by atoms with Gasteiger partial charge in [0.25, 0.3) is 0 Å². The highest BCUT2D eigenvalue weighted by molar-refractivity contribution is 8.18. The number of nitrogens with zero attached hydrogens (tertiary/aromatic N) is 2. The van der Waals surface area contributed by atoms with Gasteiger partial charge in [0, 0.05) is 22.7 Å². The Balaban J connectivity index is 1.63. The molecule has 0 saturated heterocycles. The highest BCUT2D eigenvalue weighted by atomic mass is 32.2. The Kier molecular flexibility index (Phi) is 7.47. The summed E-state index contributed by atoms with van der Waals surface area (Å²) in [6.07, 6.45) is 4.63. The van der Waals surface area contributed by atoms with Crippen molar-refractivity contribution in [3.05, 3.63) is 118 Å². The van der Waals surface area contributed by atoms with Crippen LogP contribution in [0.4, 0.5) is 10.1 Å². The number of aliphatic hydroxyl groups is 1. The molecule has 7 heteroatoms. The highest BCUT2D eigenvalue weighted by Gasteiger charge is 2.33. The maximum atomic E-state index is 14.5. The summed E-state index contributed by atoms with van der Waals surface area (Å²) >= 11 is 1.22. The van der Waals surface area contributed by atoms with Crippen molar-refractivity contribution < 1.29 is 19.0 Å². The fourth-order valence-electron chi connectivity index (χ4n) is 4.55. The molecule has 0 amide bonds. The summed E-state index contributed by atoms with van der Waals surface area (Å²) in [6, 6.07) is 22.1. The lowest BCUT2D eigenvalue weighted by Gasteiger charge is -2.09. The van der Waals surface area contributed by atoms with Gasteiger partial charge < -0.3 is 14.4 Å². The van der Waals surface area contributed by atoms with Crippen molar-refractivity contribution in [1.29, 1.82) is 0 Å². The summed E-state index contributed by atoms with van der Waals surface area (Å²) in [7, 11) is 0. The smallest absolute Gasteiger partial charge is 0.344 e. The number of benzene rings is 3. The number of halogens is 1. The summed E-state index contributed by atoms with van der Waals surface area (Å²) in [5, 5.41) is 12.5. The highest BCUT2D eigenvalue weighted by Crippen LogP contribution is 2.41. The molecule has 1 aromatic heterocycles. The standard InChI is InChI=1S/C31H27FN2O3S/c1-3-20-12-10-15-24-22(19-34(28(20)24)18-21-11-8-9-16-25(21)32)17-26-29(35)27(31(36)37-4-2)30(38-26)33-23-13-6-5-7-14-23/h5-17,19,35H,3-4,18H2,1-2H3/b26-17-,33-30?. The van der Waals surface area contributed by atoms with E-state index in [1.165, 1.54) is 17.8 Å². The fraction of sp³-hybridized carbons (Fsp3) is 0.161. The Labute approximate surface area is 225 Å². The molecule has 1 aliphatic rings. The van der Waals surface area contributed by atoms with E-state index in [0.29, 0.717) is 27.7 Å². The first-order valence-corrected chi connectivity index (χ1v) is 13.3. The molecular weight excluding hydrogens is 499 g/mol. The number of aromatic nitrogens is 1. The van der Waals surface area contributed by atoms with Gasteiger partial charge in [-0.1, -0.05) is 73.3 Å². The Bertz CT molecular complexity index is 1600. The van der Waals surface area contributed by atoms with Gasteiger partial charge in [-0.3, -0.25) is 0 Å². The zero-order valence-electron chi connectivity index (χ0n) is 21.1. The monoisotopic (exact) mass is 526 g/mol. The number of para-hydroxylation sites is 2. The van der Waals surface area contributed by atoms with E-state index < -0.39 is 5.97 Å². The van der Waals surface area contributed by atoms with E-state index in [1.54, 1.807) is 19.1 Å². The van der Waals surface area contributed by atoms with E-state index >= 15 is 0 Å². The van der Waals surface area contributed by atoms with Crippen LogP contribution in [0.25, 0.3) is 17.0 Å². The number of aliphatic hydroxyl groups excluding tert-OH is 1. The van der Waals surface area contributed by atoms with Gasteiger partial charge in [-0.2, -0.15) is 0 Å². The molecule has 38 heavy (non-hydrogen) atoms. The van der Waals surface area contributed by atoms with Crippen molar-refractivity contribution in [2.75, 3.05) is 6.61 Å². The number of esters is 1. The number of aliphatic imine (C=N–C) groups is 1. The second-order valence-corrected chi connectivity index (χ2v) is 9.81. The number of fused-ring (bicyclic) bond motifs is 1. The molecule has 1 N–H and O–H groups in total. The second-order valence-electron chi connectivity index (χ2n) is 8.78. The molecule has 4 aromatic rings. The molecular formula is C31H27FN2O3S. The molecule has 2 heterocycles. The van der Waals surface area contributed by atoms with Crippen molar-refractivity contribution >= 4 is 45.4 Å². The Morgan fingerprint density at radius 2 is 1.76 bits per heavy atom. The third-order valence-corrected chi connectivity index (χ3v) is 7.36. The predicted molar refractivity (Wildman–Crippen MR) is 152 cm³/mol. The third kappa shape index (κ3) is 5.02. The van der Waals surface area contributed by atoms with Crippen LogP contribution in [-0.2, 0) is 22.5 Å². The molecule has 1 aliphatic heterocycles. The van der Waals surface area contributed by atoms with E-state index in [4.69, 9.17) is 4.74 Å². The van der Waals surface area contributed by atoms with Crippen LogP contribution in [0.5, 0.6) is 0 Å². The zero-order chi connectivity index (χ0) is 26.6. The molecule has 0 spiro atoms. The van der Waals surface area contributed by atoms with Crippen LogP contribution in [0.1, 0.15) is 30.5 Å². The van der Waals surface area contributed by atoms with Crippen LogP contribution >= 0.6 is 11.8 Å². The van der Waals surface area contributed by atoms with Crippen molar-refractivity contribution in [3.8, 4) is 0 Å². The number of hydrogen-bond acceptors (Lipinski definition) is 5. The average molecular weight is 527 g/mol. The zero-order valence-corrected chi connectivity index (χ0v) is 22.0. The van der Waals surface area contributed by atoms with Crippen LogP contribution in [0, 0.1) is 5.82 Å². The number of carbonyl (C=O) groups is 1. The molecule has 0 unspecified atom stereocenters. The number of thioether (sulfide) groups is 1. The second kappa shape index (κ2) is 11.1. The van der Waals surface area contributed by atoms with Crippen LogP contribution in [0.15, 0.2) is 100 Å². The molecule has 0 saturated carbocycles. The van der Waals surface area contributed by atoms with E-state index in [1.807, 2.05) is 65.4 Å².